The van der Waals surface area contributed by atoms with Gasteiger partial charge in [-0.3, -0.25) is 19.2 Å². The molecule has 0 radical (unpaired) electrons. The Morgan fingerprint density at radius 1 is 0.679 bits per heavy atom. The highest BCUT2D eigenvalue weighted by Crippen LogP contribution is 2.18. The molecule has 0 aliphatic heterocycles. The van der Waals surface area contributed by atoms with Crippen molar-refractivity contribution in [3.63, 3.8) is 0 Å². The zero-order valence-electron chi connectivity index (χ0n) is 34.4. The maximum absolute atomic E-state index is 13.7. The molecule has 3 amide bonds. The molecule has 4 atom stereocenters. The molecule has 0 aromatic heterocycles. The molecule has 0 aliphatic carbocycles. The highest BCUT2D eigenvalue weighted by Gasteiger charge is 2.34. The van der Waals surface area contributed by atoms with Gasteiger partial charge in [0.25, 0.3) is 5.91 Å². The number of rotatable bonds is 29. The van der Waals surface area contributed by atoms with E-state index in [1.54, 1.807) is 68.4 Å². The second kappa shape index (κ2) is 27.1. The molecule has 3 N–H and O–H groups in total. The summed E-state index contributed by atoms with van der Waals surface area (Å²) in [4.78, 5) is 78.0. The van der Waals surface area contributed by atoms with Gasteiger partial charge in [-0.05, 0) is 63.3 Å². The molecule has 2 aromatic carbocycles. The lowest BCUT2D eigenvalue weighted by Crippen LogP contribution is -2.57. The topological polar surface area (TPSA) is 159 Å². The monoisotopic (exact) mass is 777 g/mol. The number of nitrogens with one attached hydrogen (secondary N) is 2. The summed E-state index contributed by atoms with van der Waals surface area (Å²) in [6, 6.07) is 14.6. The lowest BCUT2D eigenvalue weighted by atomic mass is 9.97. The second-order valence-corrected chi connectivity index (χ2v) is 15.3. The van der Waals surface area contributed by atoms with Gasteiger partial charge in [0.1, 0.15) is 30.5 Å². The number of carbonyl (C=O) groups is 6. The van der Waals surface area contributed by atoms with Gasteiger partial charge in [-0.1, -0.05) is 134 Å². The quantitative estimate of drug-likeness (QED) is 0.0551. The Bertz CT molecular complexity index is 1480. The van der Waals surface area contributed by atoms with Gasteiger partial charge in [-0.2, -0.15) is 0 Å². The number of hydrogen-bond acceptors (Lipinski definition) is 7. The first-order valence-electron chi connectivity index (χ1n) is 20.8. The molecule has 310 valence electrons. The summed E-state index contributed by atoms with van der Waals surface area (Å²) in [6.45, 7) is 9.13. The molecule has 2 rings (SSSR count). The minimum absolute atomic E-state index is 0.0457. The molecule has 56 heavy (non-hydrogen) atoms. The van der Waals surface area contributed by atoms with Crippen molar-refractivity contribution in [3.8, 4) is 0 Å². The number of aliphatic carboxylic acids is 1. The predicted octanol–water partition coefficient (Wildman–Crippen LogP) is 8.16. The van der Waals surface area contributed by atoms with E-state index >= 15 is 0 Å². The summed E-state index contributed by atoms with van der Waals surface area (Å²) in [6.07, 6.45) is 13.6. The molecule has 0 saturated heterocycles. The Morgan fingerprint density at radius 2 is 1.20 bits per heavy atom. The summed E-state index contributed by atoms with van der Waals surface area (Å²) in [7, 11) is 0. The molecule has 0 spiro atoms. The first kappa shape index (κ1) is 47.6. The lowest BCUT2D eigenvalue weighted by molar-refractivity contribution is -0.151. The standard InChI is InChI=1S/C45H67N3O8/c1-6-7-30-39(44(53)54)48(43(52)34(4)46-42(51)40(33(2)3)47-41(50)36-25-20-17-21-26-36)31-24-16-14-12-10-8-9-11-13-15-19-29-38(35(5)49)32-56-45(55)37-27-22-18-23-28-37/h17-18,20-23,25-28,33-34,38-40H,6-16,19,24,29-32H2,1-5H3,(H,46,51)(H,47,50)(H,53,54)/t34-,38?,39-,40-/m0/s1. The molecule has 0 heterocycles. The Hall–Kier alpha value is -4.54. The average Bonchev–Trinajstić information content (AvgIpc) is 3.18. The van der Waals surface area contributed by atoms with Gasteiger partial charge in [-0.25, -0.2) is 9.59 Å². The number of unbranched alkanes of at least 4 members (excludes halogenated alkanes) is 11. The molecule has 2 aromatic rings. The van der Waals surface area contributed by atoms with Gasteiger partial charge < -0.3 is 25.4 Å². The number of benzene rings is 2. The maximum atomic E-state index is 13.7. The normalized spacial score (nSPS) is 13.2. The predicted molar refractivity (Wildman–Crippen MR) is 219 cm³/mol. The van der Waals surface area contributed by atoms with Crippen LogP contribution in [0.5, 0.6) is 0 Å². The third-order valence-electron chi connectivity index (χ3n) is 10.2. The fourth-order valence-corrected chi connectivity index (χ4v) is 6.69. The number of Topliss-reactive ketones (excluding diaryl/α,β-unsaturated/α-hetero) is 1. The van der Waals surface area contributed by atoms with Crippen LogP contribution in [0.3, 0.4) is 0 Å². The van der Waals surface area contributed by atoms with Crippen LogP contribution in [0.25, 0.3) is 0 Å². The SMILES string of the molecule is CCCC[C@@H](C(=O)O)N(CCCCCCCCCCCCCC(COC(=O)c1ccccc1)C(C)=O)C(=O)[C@H](C)NC(=O)[C@@H](NC(=O)c1ccccc1)C(C)C. The number of ketones is 1. The van der Waals surface area contributed by atoms with E-state index < -0.39 is 41.9 Å². The number of amides is 3. The van der Waals surface area contributed by atoms with E-state index in [-0.39, 0.29) is 36.7 Å². The lowest BCUT2D eigenvalue weighted by Gasteiger charge is -2.32. The van der Waals surface area contributed by atoms with Crippen molar-refractivity contribution in [3.05, 3.63) is 71.8 Å². The number of hydrogen-bond donors (Lipinski definition) is 3. The third kappa shape index (κ3) is 17.9. The van der Waals surface area contributed by atoms with Crippen LogP contribution >= 0.6 is 0 Å². The van der Waals surface area contributed by atoms with E-state index in [2.05, 4.69) is 10.6 Å². The Balaban J connectivity index is 1.73. The van der Waals surface area contributed by atoms with Gasteiger partial charge in [0.2, 0.25) is 11.8 Å². The van der Waals surface area contributed by atoms with Crippen molar-refractivity contribution in [2.45, 2.75) is 149 Å². The summed E-state index contributed by atoms with van der Waals surface area (Å²) in [5.41, 5.74) is 0.909. The van der Waals surface area contributed by atoms with Crippen molar-refractivity contribution in [2.24, 2.45) is 11.8 Å². The van der Waals surface area contributed by atoms with Crippen LogP contribution in [0.4, 0.5) is 0 Å². The summed E-state index contributed by atoms with van der Waals surface area (Å²) in [5, 5.41) is 15.6. The van der Waals surface area contributed by atoms with Crippen LogP contribution in [0.15, 0.2) is 60.7 Å². The van der Waals surface area contributed by atoms with Gasteiger partial charge in [-0.15, -0.1) is 0 Å². The highest BCUT2D eigenvalue weighted by molar-refractivity contribution is 5.98. The Morgan fingerprint density at radius 3 is 1.70 bits per heavy atom. The first-order chi connectivity index (χ1) is 26.9. The number of carboxylic acids is 1. The fourth-order valence-electron chi connectivity index (χ4n) is 6.69. The zero-order valence-corrected chi connectivity index (χ0v) is 34.4. The maximum Gasteiger partial charge on any atom is 0.338 e. The summed E-state index contributed by atoms with van der Waals surface area (Å²) >= 11 is 0. The Labute approximate surface area is 334 Å². The van der Waals surface area contributed by atoms with Crippen LogP contribution in [-0.2, 0) is 23.9 Å². The van der Waals surface area contributed by atoms with E-state index in [1.807, 2.05) is 26.8 Å². The van der Waals surface area contributed by atoms with E-state index in [9.17, 15) is 33.9 Å². The molecule has 0 saturated carbocycles. The van der Waals surface area contributed by atoms with Gasteiger partial charge in [0.05, 0.1) is 11.5 Å². The smallest absolute Gasteiger partial charge is 0.338 e. The van der Waals surface area contributed by atoms with E-state index in [4.69, 9.17) is 4.74 Å². The zero-order chi connectivity index (χ0) is 41.3. The van der Waals surface area contributed by atoms with Crippen LogP contribution < -0.4 is 10.6 Å². The van der Waals surface area contributed by atoms with Gasteiger partial charge in [0.15, 0.2) is 0 Å². The molecule has 0 bridgehead atoms. The number of ether oxygens (including phenoxy) is 1. The van der Waals surface area contributed by atoms with Crippen LogP contribution in [0.2, 0.25) is 0 Å². The molecular weight excluding hydrogens is 711 g/mol. The van der Waals surface area contributed by atoms with Crippen molar-refractivity contribution in [2.75, 3.05) is 13.2 Å². The Kier molecular flexibility index (Phi) is 23.1. The van der Waals surface area contributed by atoms with Crippen molar-refractivity contribution in [1.82, 2.24) is 15.5 Å². The highest BCUT2D eigenvalue weighted by atomic mass is 16.5. The van der Waals surface area contributed by atoms with Crippen LogP contribution in [0, 0.1) is 11.8 Å². The molecular formula is C45H67N3O8. The summed E-state index contributed by atoms with van der Waals surface area (Å²) in [5.74, 6) is -3.26. The molecule has 11 heteroatoms. The largest absolute Gasteiger partial charge is 0.480 e. The van der Waals surface area contributed by atoms with Crippen molar-refractivity contribution in [1.29, 1.82) is 0 Å². The van der Waals surface area contributed by atoms with Crippen LogP contribution in [0.1, 0.15) is 152 Å². The van der Waals surface area contributed by atoms with Crippen molar-refractivity contribution >= 4 is 35.4 Å². The van der Waals surface area contributed by atoms with E-state index in [0.717, 1.165) is 70.6 Å². The molecule has 11 nitrogen and oxygen atoms in total. The van der Waals surface area contributed by atoms with E-state index in [1.165, 1.54) is 4.90 Å². The first-order valence-corrected chi connectivity index (χ1v) is 20.8. The van der Waals surface area contributed by atoms with Crippen molar-refractivity contribution < 1.29 is 38.6 Å². The van der Waals surface area contributed by atoms with Gasteiger partial charge >= 0.3 is 11.9 Å². The summed E-state index contributed by atoms with van der Waals surface area (Å²) < 4.78 is 5.40. The fraction of sp³-hybridized carbons (Fsp3) is 0.600. The second-order valence-electron chi connectivity index (χ2n) is 15.3. The van der Waals surface area contributed by atoms with Gasteiger partial charge in [0, 0.05) is 12.1 Å². The number of esters is 1. The molecule has 1 unspecified atom stereocenters. The average molecular weight is 778 g/mol. The minimum Gasteiger partial charge on any atom is -0.480 e. The number of carboxylic acid groups (broad SMARTS) is 1. The van der Waals surface area contributed by atoms with Crippen LogP contribution in [-0.4, -0.2) is 76.7 Å². The third-order valence-corrected chi connectivity index (χ3v) is 10.2. The molecule has 0 aliphatic rings. The molecule has 0 fully saturated rings. The number of nitrogens with zero attached hydrogens (tertiary/aromatic N) is 1. The van der Waals surface area contributed by atoms with E-state index in [0.29, 0.717) is 36.8 Å². The minimum atomic E-state index is -1.05. The number of carbonyl (C=O) groups excluding carboxylic acids is 5.